The van der Waals surface area contributed by atoms with Gasteiger partial charge in [0.2, 0.25) is 9.84 Å². The highest BCUT2D eigenvalue weighted by Gasteiger charge is 2.27. The Kier molecular flexibility index (Phi) is 6.37. The van der Waals surface area contributed by atoms with Crippen LogP contribution in [0.4, 0.5) is 0 Å². The average Bonchev–Trinajstić information content (AvgIpc) is 2.58. The van der Waals surface area contributed by atoms with Crippen molar-refractivity contribution in [3.05, 3.63) is 62.5 Å². The van der Waals surface area contributed by atoms with Crippen LogP contribution in [-0.4, -0.2) is 13.5 Å². The predicted molar refractivity (Wildman–Crippen MR) is 120 cm³/mol. The third-order valence-corrected chi connectivity index (χ3v) is 6.71. The Bertz CT molecular complexity index is 1080. The molecule has 2 aromatic rings. The van der Waals surface area contributed by atoms with Gasteiger partial charge in [-0.05, 0) is 52.8 Å². The van der Waals surface area contributed by atoms with E-state index < -0.39 is 9.84 Å². The molecule has 0 saturated carbocycles. The molecule has 0 aromatic heterocycles. The number of hydrogen-bond donors (Lipinski definition) is 1. The summed E-state index contributed by atoms with van der Waals surface area (Å²) in [4.78, 5) is -0.299. The quantitative estimate of drug-likeness (QED) is 0.544. The zero-order valence-electron chi connectivity index (χ0n) is 17.5. The molecule has 0 heterocycles. The molecular weight excluding hydrogens is 450 g/mol. The largest absolute Gasteiger partial charge is 0.507 e. The smallest absolute Gasteiger partial charge is 0.216 e. The number of rotatable bonds is 3. The van der Waals surface area contributed by atoms with Crippen LogP contribution in [0.2, 0.25) is 0 Å². The van der Waals surface area contributed by atoms with Crippen molar-refractivity contribution in [2.75, 3.05) is 0 Å². The van der Waals surface area contributed by atoms with E-state index in [9.17, 15) is 18.8 Å². The Morgan fingerprint density at radius 2 is 1.55 bits per heavy atom. The molecule has 2 aromatic carbocycles. The Balaban J connectivity index is 2.76. The molecule has 0 spiro atoms. The molecule has 0 aliphatic rings. The summed E-state index contributed by atoms with van der Waals surface area (Å²) in [6.07, 6.45) is 1.38. The molecule has 1 N–H and O–H groups in total. The molecule has 0 saturated heterocycles. The van der Waals surface area contributed by atoms with Gasteiger partial charge in [-0.15, -0.1) is 0 Å². The lowest BCUT2D eigenvalue weighted by atomic mass is 9.78. The molecule has 0 radical (unpaired) electrons. The zero-order valence-corrected chi connectivity index (χ0v) is 19.9. The fourth-order valence-electron chi connectivity index (χ4n) is 2.97. The Hall–Kier alpha value is -2.10. The van der Waals surface area contributed by atoms with Gasteiger partial charge < -0.3 is 5.11 Å². The van der Waals surface area contributed by atoms with Crippen molar-refractivity contribution in [2.45, 2.75) is 57.3 Å². The van der Waals surface area contributed by atoms with Crippen LogP contribution in [0.25, 0.3) is 6.08 Å². The molecule has 154 valence electrons. The van der Waals surface area contributed by atoms with Gasteiger partial charge in [-0.3, -0.25) is 0 Å². The Morgan fingerprint density at radius 3 is 1.97 bits per heavy atom. The van der Waals surface area contributed by atoms with Crippen molar-refractivity contribution in [1.29, 1.82) is 5.26 Å². The van der Waals surface area contributed by atoms with E-state index in [-0.39, 0.29) is 26.4 Å². The second-order valence-corrected chi connectivity index (χ2v) is 11.9. The van der Waals surface area contributed by atoms with Gasteiger partial charge in [0.25, 0.3) is 0 Å². The summed E-state index contributed by atoms with van der Waals surface area (Å²) in [5.74, 6) is 0.204. The minimum Gasteiger partial charge on any atom is -0.507 e. The Labute approximate surface area is 181 Å². The van der Waals surface area contributed by atoms with E-state index in [0.29, 0.717) is 21.2 Å². The number of halogens is 1. The summed E-state index contributed by atoms with van der Waals surface area (Å²) < 4.78 is 26.6. The SMILES string of the molecule is CC(C)(C)c1cc(C=C(C#N)S(=O)(=O)c2cccc(Br)c2)cc(C(C)(C)C)c1O. The van der Waals surface area contributed by atoms with Gasteiger partial charge in [0.05, 0.1) is 4.90 Å². The van der Waals surface area contributed by atoms with E-state index in [1.54, 1.807) is 24.3 Å². The van der Waals surface area contributed by atoms with Crippen LogP contribution in [0, 0.1) is 11.3 Å². The van der Waals surface area contributed by atoms with Gasteiger partial charge in [0, 0.05) is 15.6 Å². The van der Waals surface area contributed by atoms with Crippen LogP contribution in [0.15, 0.2) is 50.7 Å². The molecule has 0 aliphatic carbocycles. The number of nitrogens with zero attached hydrogens (tertiary/aromatic N) is 1. The fraction of sp³-hybridized carbons (Fsp3) is 0.348. The zero-order chi connectivity index (χ0) is 22.2. The predicted octanol–water partition coefficient (Wildman–Crippen LogP) is 6.09. The van der Waals surface area contributed by atoms with Crippen LogP contribution in [-0.2, 0) is 20.7 Å². The molecule has 29 heavy (non-hydrogen) atoms. The van der Waals surface area contributed by atoms with Crippen molar-refractivity contribution >= 4 is 31.8 Å². The number of hydrogen-bond acceptors (Lipinski definition) is 4. The van der Waals surface area contributed by atoms with Crippen LogP contribution in [0.3, 0.4) is 0 Å². The van der Waals surface area contributed by atoms with Crippen LogP contribution in [0.1, 0.15) is 58.2 Å². The third-order valence-electron chi connectivity index (χ3n) is 4.55. The van der Waals surface area contributed by atoms with Gasteiger partial charge in [0.15, 0.2) is 0 Å². The first-order chi connectivity index (χ1) is 13.2. The summed E-state index contributed by atoms with van der Waals surface area (Å²) in [6.45, 7) is 11.9. The van der Waals surface area contributed by atoms with Gasteiger partial charge in [-0.1, -0.05) is 63.5 Å². The lowest BCUT2D eigenvalue weighted by Crippen LogP contribution is -2.17. The molecule has 0 unspecified atom stereocenters. The summed E-state index contributed by atoms with van der Waals surface area (Å²) in [6, 6.07) is 11.6. The maximum absolute atomic E-state index is 13.0. The molecule has 2 rings (SSSR count). The molecule has 4 nitrogen and oxygen atoms in total. The molecule has 0 bridgehead atoms. The minimum atomic E-state index is -3.97. The van der Waals surface area contributed by atoms with Crippen molar-refractivity contribution in [3.8, 4) is 11.8 Å². The molecule has 0 amide bonds. The molecule has 0 fully saturated rings. The van der Waals surface area contributed by atoms with Crippen molar-refractivity contribution in [2.24, 2.45) is 0 Å². The van der Waals surface area contributed by atoms with Gasteiger partial charge in [-0.2, -0.15) is 5.26 Å². The summed E-state index contributed by atoms with van der Waals surface area (Å²) >= 11 is 3.27. The molecule has 6 heteroatoms. The summed E-state index contributed by atoms with van der Waals surface area (Å²) in [5, 5.41) is 20.4. The minimum absolute atomic E-state index is 0.0468. The van der Waals surface area contributed by atoms with E-state index in [1.807, 2.05) is 47.6 Å². The molecule has 0 aliphatic heterocycles. The number of phenols is 1. The van der Waals surface area contributed by atoms with Crippen molar-refractivity contribution in [3.63, 3.8) is 0 Å². The standard InChI is InChI=1S/C23H26BrNO3S/c1-22(2,3)19-11-15(12-20(21(19)26)23(4,5)6)10-18(14-25)29(27,28)17-9-7-8-16(24)13-17/h7-13,26H,1-6H3. The first-order valence-electron chi connectivity index (χ1n) is 9.18. The van der Waals surface area contributed by atoms with Gasteiger partial charge in [0.1, 0.15) is 16.7 Å². The van der Waals surface area contributed by atoms with Crippen LogP contribution >= 0.6 is 15.9 Å². The number of sulfone groups is 1. The topological polar surface area (TPSA) is 78.2 Å². The number of phenolic OH excluding ortho intramolecular Hbond substituents is 1. The maximum atomic E-state index is 13.0. The monoisotopic (exact) mass is 475 g/mol. The van der Waals surface area contributed by atoms with Crippen LogP contribution in [0.5, 0.6) is 5.75 Å². The lowest BCUT2D eigenvalue weighted by molar-refractivity contribution is 0.423. The summed E-state index contributed by atoms with van der Waals surface area (Å²) in [5.41, 5.74) is 1.25. The maximum Gasteiger partial charge on any atom is 0.216 e. The van der Waals surface area contributed by atoms with Crippen LogP contribution < -0.4 is 0 Å². The van der Waals surface area contributed by atoms with E-state index in [4.69, 9.17) is 0 Å². The lowest BCUT2D eigenvalue weighted by Gasteiger charge is -2.28. The average molecular weight is 476 g/mol. The van der Waals surface area contributed by atoms with Gasteiger partial charge >= 0.3 is 0 Å². The number of allylic oxidation sites excluding steroid dienone is 1. The van der Waals surface area contributed by atoms with Crippen molar-refractivity contribution < 1.29 is 13.5 Å². The van der Waals surface area contributed by atoms with E-state index in [1.165, 1.54) is 18.2 Å². The highest BCUT2D eigenvalue weighted by atomic mass is 79.9. The molecular formula is C23H26BrNO3S. The first-order valence-corrected chi connectivity index (χ1v) is 11.5. The second-order valence-electron chi connectivity index (χ2n) is 9.05. The summed E-state index contributed by atoms with van der Waals surface area (Å²) in [7, 11) is -3.97. The number of benzene rings is 2. The third kappa shape index (κ3) is 5.09. The fourth-order valence-corrected chi connectivity index (χ4v) is 4.72. The Morgan fingerprint density at radius 1 is 1.03 bits per heavy atom. The van der Waals surface area contributed by atoms with E-state index in [2.05, 4.69) is 15.9 Å². The van der Waals surface area contributed by atoms with Gasteiger partial charge in [-0.25, -0.2) is 8.42 Å². The highest BCUT2D eigenvalue weighted by molar-refractivity contribution is 9.10. The molecule has 0 atom stereocenters. The van der Waals surface area contributed by atoms with E-state index in [0.717, 1.165) is 0 Å². The second kappa shape index (κ2) is 7.97. The number of nitriles is 1. The highest BCUT2D eigenvalue weighted by Crippen LogP contribution is 2.40. The number of aromatic hydroxyl groups is 1. The normalized spacial score (nSPS) is 13.2. The van der Waals surface area contributed by atoms with Crippen molar-refractivity contribution in [1.82, 2.24) is 0 Å². The first kappa shape index (κ1) is 23.2. The van der Waals surface area contributed by atoms with E-state index >= 15 is 0 Å².